The van der Waals surface area contributed by atoms with E-state index in [4.69, 9.17) is 10.5 Å². The van der Waals surface area contributed by atoms with Crippen molar-refractivity contribution in [2.45, 2.75) is 25.8 Å². The van der Waals surface area contributed by atoms with E-state index in [1.807, 2.05) is 0 Å². The molecule has 34 heavy (non-hydrogen) atoms. The second-order valence-corrected chi connectivity index (χ2v) is 8.48. The summed E-state index contributed by atoms with van der Waals surface area (Å²) >= 11 is 1.08. The Morgan fingerprint density at radius 3 is 2.62 bits per heavy atom. The van der Waals surface area contributed by atoms with Crippen molar-refractivity contribution >= 4 is 41.0 Å². The van der Waals surface area contributed by atoms with Gasteiger partial charge < -0.3 is 31.1 Å². The predicted octanol–water partition coefficient (Wildman–Crippen LogP) is 2.69. The van der Waals surface area contributed by atoms with Crippen molar-refractivity contribution in [3.63, 3.8) is 0 Å². The Kier molecular flexibility index (Phi) is 8.10. The number of hydrogen-bond donors (Lipinski definition) is 4. The number of piperidine rings is 1. The molecule has 1 atom stereocenters. The molecule has 178 valence electrons. The van der Waals surface area contributed by atoms with Crippen LogP contribution in [-0.2, 0) is 4.74 Å². The number of carboxylic acid groups (broad SMARTS) is 1. The minimum atomic E-state index is -1.03. The number of nitrogens with two attached hydrogens (primary N) is 1. The first-order valence-electron chi connectivity index (χ1n) is 10.5. The number of esters is 1. The molecule has 1 fully saturated rings. The molecule has 5 N–H and O–H groups in total. The summed E-state index contributed by atoms with van der Waals surface area (Å²) in [7, 11) is 0. The Hall–Kier alpha value is -4.04. The van der Waals surface area contributed by atoms with Crippen LogP contribution in [0.1, 0.15) is 50.2 Å². The van der Waals surface area contributed by atoms with Gasteiger partial charge in [0.15, 0.2) is 0 Å². The standard InChI is InChI=1S/C23H24N4O6S/c1-2-33-21(29)15-8-5-14(6-9-15)7-10-17-12-18(26-22(24)30)19(34-17)20(28)25-16-4-3-11-27(13-16)23(31)32/h5-6,8-9,12,16H,2-4,11,13H2,1H3,(H,25,28)(H,31,32)(H3,24,26,30)/t16-/m0/s1. The number of ether oxygens (including phenoxy) is 1. The topological polar surface area (TPSA) is 151 Å². The van der Waals surface area contributed by atoms with Crippen molar-refractivity contribution in [3.8, 4) is 11.8 Å². The maximum atomic E-state index is 12.9. The van der Waals surface area contributed by atoms with Crippen LogP contribution < -0.4 is 16.4 Å². The van der Waals surface area contributed by atoms with Crippen molar-refractivity contribution in [2.75, 3.05) is 25.0 Å². The highest BCUT2D eigenvalue weighted by molar-refractivity contribution is 7.15. The van der Waals surface area contributed by atoms with E-state index < -0.39 is 24.0 Å². The first-order valence-corrected chi connectivity index (χ1v) is 11.4. The summed E-state index contributed by atoms with van der Waals surface area (Å²) in [5.74, 6) is 5.04. The minimum Gasteiger partial charge on any atom is -0.465 e. The van der Waals surface area contributed by atoms with E-state index in [9.17, 15) is 24.3 Å². The van der Waals surface area contributed by atoms with Gasteiger partial charge in [0.2, 0.25) is 0 Å². The van der Waals surface area contributed by atoms with Crippen molar-refractivity contribution in [1.29, 1.82) is 0 Å². The first kappa shape index (κ1) is 24.6. The van der Waals surface area contributed by atoms with E-state index in [2.05, 4.69) is 22.5 Å². The van der Waals surface area contributed by atoms with E-state index in [-0.39, 0.29) is 29.8 Å². The van der Waals surface area contributed by atoms with Crippen molar-refractivity contribution < 1.29 is 29.0 Å². The van der Waals surface area contributed by atoms with E-state index >= 15 is 0 Å². The Morgan fingerprint density at radius 1 is 1.24 bits per heavy atom. The zero-order valence-electron chi connectivity index (χ0n) is 18.4. The number of urea groups is 1. The normalized spacial score (nSPS) is 15.0. The molecule has 2 aromatic rings. The second kappa shape index (κ2) is 11.2. The van der Waals surface area contributed by atoms with Gasteiger partial charge in [0.25, 0.3) is 5.91 Å². The monoisotopic (exact) mass is 484 g/mol. The third-order valence-corrected chi connectivity index (χ3v) is 6.00. The summed E-state index contributed by atoms with van der Waals surface area (Å²) in [6, 6.07) is 6.97. The van der Waals surface area contributed by atoms with Crippen molar-refractivity contribution in [1.82, 2.24) is 10.2 Å². The van der Waals surface area contributed by atoms with E-state index in [0.29, 0.717) is 35.4 Å². The zero-order valence-corrected chi connectivity index (χ0v) is 19.2. The molecule has 1 aliphatic heterocycles. The average Bonchev–Trinajstić information content (AvgIpc) is 3.20. The molecule has 0 radical (unpaired) electrons. The lowest BCUT2D eigenvalue weighted by Crippen LogP contribution is -2.49. The molecular formula is C23H24N4O6S. The molecule has 0 spiro atoms. The Balaban J connectivity index is 1.76. The molecule has 0 aliphatic carbocycles. The van der Waals surface area contributed by atoms with Crippen molar-refractivity contribution in [3.05, 3.63) is 51.2 Å². The van der Waals surface area contributed by atoms with Gasteiger partial charge in [-0.15, -0.1) is 11.3 Å². The van der Waals surface area contributed by atoms with Gasteiger partial charge in [-0.25, -0.2) is 14.4 Å². The number of carbonyl (C=O) groups excluding carboxylic acids is 3. The first-order chi connectivity index (χ1) is 16.3. The smallest absolute Gasteiger partial charge is 0.407 e. The van der Waals surface area contributed by atoms with E-state index in [0.717, 1.165) is 11.3 Å². The third kappa shape index (κ3) is 6.49. The second-order valence-electron chi connectivity index (χ2n) is 7.43. The number of primary amides is 1. The number of hydrogen-bond acceptors (Lipinski definition) is 6. The van der Waals surface area contributed by atoms with Gasteiger partial charge in [0.05, 0.1) is 22.7 Å². The van der Waals surface area contributed by atoms with Crippen LogP contribution in [0.5, 0.6) is 0 Å². The maximum absolute atomic E-state index is 12.9. The van der Waals surface area contributed by atoms with Crippen LogP contribution >= 0.6 is 11.3 Å². The van der Waals surface area contributed by atoms with Crippen LogP contribution in [0.15, 0.2) is 30.3 Å². The van der Waals surface area contributed by atoms with Gasteiger partial charge in [-0.3, -0.25) is 4.79 Å². The number of thiophene rings is 1. The fourth-order valence-electron chi connectivity index (χ4n) is 3.40. The fraction of sp³-hybridized carbons (Fsp3) is 0.304. The molecule has 10 nitrogen and oxygen atoms in total. The number of rotatable bonds is 5. The highest BCUT2D eigenvalue weighted by Gasteiger charge is 2.26. The summed E-state index contributed by atoms with van der Waals surface area (Å²) < 4.78 is 4.95. The number of amides is 4. The lowest BCUT2D eigenvalue weighted by Gasteiger charge is -2.31. The molecule has 0 bridgehead atoms. The summed E-state index contributed by atoms with van der Waals surface area (Å²) in [4.78, 5) is 49.3. The lowest BCUT2D eigenvalue weighted by molar-refractivity contribution is 0.0526. The predicted molar refractivity (Wildman–Crippen MR) is 126 cm³/mol. The van der Waals surface area contributed by atoms with Gasteiger partial charge in [0, 0.05) is 24.7 Å². The summed E-state index contributed by atoms with van der Waals surface area (Å²) in [5, 5.41) is 14.5. The Labute approximate surface area is 200 Å². The molecule has 0 saturated carbocycles. The quantitative estimate of drug-likeness (QED) is 0.378. The molecular weight excluding hydrogens is 460 g/mol. The molecule has 4 amide bonds. The molecule has 1 aromatic carbocycles. The fourth-order valence-corrected chi connectivity index (χ4v) is 4.27. The van der Waals surface area contributed by atoms with Crippen LogP contribution in [0.2, 0.25) is 0 Å². The highest BCUT2D eigenvalue weighted by Crippen LogP contribution is 2.27. The Bertz CT molecular complexity index is 1150. The number of anilines is 1. The van der Waals surface area contributed by atoms with E-state index in [1.54, 1.807) is 37.3 Å². The van der Waals surface area contributed by atoms with Crippen LogP contribution in [0.4, 0.5) is 15.3 Å². The Morgan fingerprint density at radius 2 is 1.97 bits per heavy atom. The van der Waals surface area contributed by atoms with Crippen LogP contribution in [0.3, 0.4) is 0 Å². The average molecular weight is 485 g/mol. The van der Waals surface area contributed by atoms with Crippen LogP contribution in [0.25, 0.3) is 0 Å². The van der Waals surface area contributed by atoms with Gasteiger partial charge in [-0.1, -0.05) is 11.8 Å². The minimum absolute atomic E-state index is 0.194. The molecule has 3 rings (SSSR count). The van der Waals surface area contributed by atoms with Gasteiger partial charge in [-0.2, -0.15) is 0 Å². The molecule has 1 aliphatic rings. The van der Waals surface area contributed by atoms with Crippen LogP contribution in [0, 0.1) is 11.8 Å². The third-order valence-electron chi connectivity index (χ3n) is 4.95. The van der Waals surface area contributed by atoms with Gasteiger partial charge >= 0.3 is 18.1 Å². The van der Waals surface area contributed by atoms with Gasteiger partial charge in [-0.05, 0) is 50.1 Å². The van der Waals surface area contributed by atoms with Gasteiger partial charge in [0.1, 0.15) is 4.88 Å². The molecule has 1 saturated heterocycles. The maximum Gasteiger partial charge on any atom is 0.407 e. The summed E-state index contributed by atoms with van der Waals surface area (Å²) in [6.07, 6.45) is 0.257. The number of likely N-dealkylation sites (tertiary alicyclic amines) is 1. The zero-order chi connectivity index (χ0) is 24.7. The van der Waals surface area contributed by atoms with Crippen LogP contribution in [-0.4, -0.2) is 59.7 Å². The number of benzene rings is 1. The number of nitrogens with one attached hydrogen (secondary N) is 2. The summed E-state index contributed by atoms with van der Waals surface area (Å²) in [5.41, 5.74) is 6.53. The lowest BCUT2D eigenvalue weighted by atomic mass is 10.1. The molecule has 2 heterocycles. The molecule has 11 heteroatoms. The van der Waals surface area contributed by atoms with E-state index in [1.165, 1.54) is 4.90 Å². The molecule has 1 aromatic heterocycles. The SMILES string of the molecule is CCOC(=O)c1ccc(C#Cc2cc(NC(N)=O)c(C(=O)N[C@H]3CCCN(C(=O)O)C3)s2)cc1. The largest absolute Gasteiger partial charge is 0.465 e. The van der Waals surface area contributed by atoms with Crippen molar-refractivity contribution in [2.24, 2.45) is 5.73 Å². The molecule has 0 unspecified atom stereocenters. The summed E-state index contributed by atoms with van der Waals surface area (Å²) in [6.45, 7) is 2.64. The number of nitrogens with zero attached hydrogens (tertiary/aromatic N) is 1. The number of carbonyl (C=O) groups is 4. The highest BCUT2D eigenvalue weighted by atomic mass is 32.1.